The number of rotatable bonds is 4. The van der Waals surface area contributed by atoms with E-state index >= 15 is 0 Å². The molecule has 0 heterocycles. The molecule has 0 bridgehead atoms. The predicted molar refractivity (Wildman–Crippen MR) is 44.3 cm³/mol. The summed E-state index contributed by atoms with van der Waals surface area (Å²) in [6.45, 7) is 7.19. The zero-order valence-corrected chi connectivity index (χ0v) is 7.68. The minimum Gasteiger partial charge on any atom is -0.303 e. The first-order valence-electron chi connectivity index (χ1n) is 3.86. The Labute approximate surface area is 68.0 Å². The summed E-state index contributed by atoms with van der Waals surface area (Å²) in [5.41, 5.74) is -0.369. The van der Waals surface area contributed by atoms with Gasteiger partial charge in [0.05, 0.1) is 0 Å². The fraction of sp³-hybridized carbons (Fsp3) is 0.778. The molecular weight excluding hydrogens is 140 g/mol. The number of hydrogen-bond acceptors (Lipinski definition) is 2. The number of carbonyl (C=O) groups excluding carboxylic acids is 2. The van der Waals surface area contributed by atoms with Crippen LogP contribution in [0, 0.1) is 11.3 Å². The Bertz CT molecular complexity index is 159. The quantitative estimate of drug-likeness (QED) is 0.582. The van der Waals surface area contributed by atoms with Gasteiger partial charge >= 0.3 is 0 Å². The van der Waals surface area contributed by atoms with Crippen molar-refractivity contribution in [1.82, 2.24) is 0 Å². The normalized spacial score (nSPS) is 14.2. The van der Waals surface area contributed by atoms with Gasteiger partial charge in [-0.2, -0.15) is 0 Å². The van der Waals surface area contributed by atoms with E-state index in [4.69, 9.17) is 0 Å². The van der Waals surface area contributed by atoms with E-state index < -0.39 is 0 Å². The van der Waals surface area contributed by atoms with E-state index in [1.807, 2.05) is 20.8 Å². The van der Waals surface area contributed by atoms with Crippen molar-refractivity contribution >= 4 is 12.1 Å². The van der Waals surface area contributed by atoms with Crippen LogP contribution in [0.4, 0.5) is 0 Å². The average molecular weight is 156 g/mol. The lowest BCUT2D eigenvalue weighted by molar-refractivity contribution is -0.121. The summed E-state index contributed by atoms with van der Waals surface area (Å²) in [5.74, 6) is 0.282. The Balaban J connectivity index is 4.11. The molecule has 0 N–H and O–H groups in total. The third-order valence-corrected chi connectivity index (χ3v) is 2.17. The maximum atomic E-state index is 10.7. The maximum absolute atomic E-state index is 10.7. The smallest absolute Gasteiger partial charge is 0.130 e. The Morgan fingerprint density at radius 3 is 2.27 bits per heavy atom. The van der Waals surface area contributed by atoms with Crippen LogP contribution in [0.25, 0.3) is 0 Å². The monoisotopic (exact) mass is 156 g/mol. The second-order valence-electron chi connectivity index (χ2n) is 3.75. The highest BCUT2D eigenvalue weighted by Crippen LogP contribution is 2.26. The van der Waals surface area contributed by atoms with Crippen LogP contribution in [0.15, 0.2) is 0 Å². The van der Waals surface area contributed by atoms with E-state index in [0.717, 1.165) is 6.29 Å². The van der Waals surface area contributed by atoms with E-state index in [-0.39, 0.29) is 17.1 Å². The molecule has 0 aromatic carbocycles. The molecule has 2 heteroatoms. The molecule has 0 spiro atoms. The van der Waals surface area contributed by atoms with E-state index in [1.54, 1.807) is 6.92 Å². The first kappa shape index (κ1) is 10.3. The first-order chi connectivity index (χ1) is 4.90. The molecule has 0 aliphatic heterocycles. The minimum atomic E-state index is -0.369. The Morgan fingerprint density at radius 2 is 2.00 bits per heavy atom. The van der Waals surface area contributed by atoms with Gasteiger partial charge in [0.15, 0.2) is 0 Å². The van der Waals surface area contributed by atoms with E-state index in [0.29, 0.717) is 6.42 Å². The standard InChI is InChI=1S/C9H16O2/c1-7(5-8(2)11)9(3,4)6-10/h6-7H,5H2,1-4H3. The van der Waals surface area contributed by atoms with Gasteiger partial charge in [-0.25, -0.2) is 0 Å². The summed E-state index contributed by atoms with van der Waals surface area (Å²) in [6, 6.07) is 0. The molecule has 1 unspecified atom stereocenters. The average Bonchev–Trinajstić information content (AvgIpc) is 1.86. The molecule has 0 radical (unpaired) electrons. The summed E-state index contributed by atoms with van der Waals surface area (Å²) in [4.78, 5) is 21.2. The molecular formula is C9H16O2. The number of ketones is 1. The van der Waals surface area contributed by atoms with Crippen molar-refractivity contribution in [3.05, 3.63) is 0 Å². The number of aldehydes is 1. The molecule has 0 saturated carbocycles. The fourth-order valence-corrected chi connectivity index (χ4v) is 0.810. The van der Waals surface area contributed by atoms with Gasteiger partial charge in [0, 0.05) is 11.8 Å². The fourth-order valence-electron chi connectivity index (χ4n) is 0.810. The number of hydrogen-bond donors (Lipinski definition) is 0. The highest BCUT2D eigenvalue weighted by Gasteiger charge is 2.25. The molecule has 0 saturated heterocycles. The zero-order valence-electron chi connectivity index (χ0n) is 7.68. The third-order valence-electron chi connectivity index (χ3n) is 2.17. The lowest BCUT2D eigenvalue weighted by Gasteiger charge is -2.24. The van der Waals surface area contributed by atoms with Crippen molar-refractivity contribution in [2.45, 2.75) is 34.1 Å². The van der Waals surface area contributed by atoms with Gasteiger partial charge in [-0.3, -0.25) is 0 Å². The minimum absolute atomic E-state index is 0.137. The lowest BCUT2D eigenvalue weighted by Crippen LogP contribution is -2.24. The van der Waals surface area contributed by atoms with Gasteiger partial charge in [-0.05, 0) is 12.8 Å². The summed E-state index contributed by atoms with van der Waals surface area (Å²) in [5, 5.41) is 0. The lowest BCUT2D eigenvalue weighted by atomic mass is 9.79. The SMILES string of the molecule is CC(=O)CC(C)C(C)(C)C=O. The second-order valence-corrected chi connectivity index (χ2v) is 3.75. The maximum Gasteiger partial charge on any atom is 0.130 e. The number of carbonyl (C=O) groups is 2. The van der Waals surface area contributed by atoms with Crippen LogP contribution in [0.3, 0.4) is 0 Å². The van der Waals surface area contributed by atoms with E-state index in [1.165, 1.54) is 0 Å². The summed E-state index contributed by atoms with van der Waals surface area (Å²) < 4.78 is 0. The van der Waals surface area contributed by atoms with Crippen LogP contribution < -0.4 is 0 Å². The highest BCUT2D eigenvalue weighted by molar-refractivity contribution is 5.76. The first-order valence-corrected chi connectivity index (χ1v) is 3.86. The van der Waals surface area contributed by atoms with Gasteiger partial charge in [0.2, 0.25) is 0 Å². The Kier molecular flexibility index (Phi) is 3.43. The molecule has 0 aromatic rings. The van der Waals surface area contributed by atoms with E-state index in [2.05, 4.69) is 0 Å². The molecule has 1 atom stereocenters. The molecule has 2 nitrogen and oxygen atoms in total. The van der Waals surface area contributed by atoms with Crippen LogP contribution in [-0.2, 0) is 9.59 Å². The molecule has 0 aromatic heterocycles. The van der Waals surface area contributed by atoms with Crippen molar-refractivity contribution in [1.29, 1.82) is 0 Å². The van der Waals surface area contributed by atoms with Gasteiger partial charge in [-0.15, -0.1) is 0 Å². The van der Waals surface area contributed by atoms with Crippen LogP contribution in [-0.4, -0.2) is 12.1 Å². The van der Waals surface area contributed by atoms with Crippen molar-refractivity contribution < 1.29 is 9.59 Å². The third kappa shape index (κ3) is 3.30. The topological polar surface area (TPSA) is 34.1 Å². The molecule has 0 amide bonds. The molecule has 0 rings (SSSR count). The van der Waals surface area contributed by atoms with Crippen LogP contribution in [0.2, 0.25) is 0 Å². The second kappa shape index (κ2) is 3.65. The van der Waals surface area contributed by atoms with Crippen molar-refractivity contribution in [3.63, 3.8) is 0 Å². The number of Topliss-reactive ketones (excluding diaryl/α,β-unsaturated/α-hetero) is 1. The Hall–Kier alpha value is -0.660. The predicted octanol–water partition coefficient (Wildman–Crippen LogP) is 1.83. The van der Waals surface area contributed by atoms with Crippen molar-refractivity contribution in [2.24, 2.45) is 11.3 Å². The summed E-state index contributed by atoms with van der Waals surface area (Å²) in [6.07, 6.45) is 1.41. The molecule has 0 aliphatic carbocycles. The van der Waals surface area contributed by atoms with Crippen molar-refractivity contribution in [2.75, 3.05) is 0 Å². The zero-order chi connectivity index (χ0) is 9.07. The van der Waals surface area contributed by atoms with Crippen molar-refractivity contribution in [3.8, 4) is 0 Å². The highest BCUT2D eigenvalue weighted by atomic mass is 16.1. The van der Waals surface area contributed by atoms with Crippen LogP contribution in [0.1, 0.15) is 34.1 Å². The molecule has 0 fully saturated rings. The Morgan fingerprint density at radius 1 is 1.55 bits per heavy atom. The largest absolute Gasteiger partial charge is 0.303 e. The molecule has 0 aliphatic rings. The van der Waals surface area contributed by atoms with Crippen LogP contribution in [0.5, 0.6) is 0 Å². The summed E-state index contributed by atoms with van der Waals surface area (Å²) in [7, 11) is 0. The molecule has 11 heavy (non-hydrogen) atoms. The van der Waals surface area contributed by atoms with Gasteiger partial charge in [0.1, 0.15) is 12.1 Å². The summed E-state index contributed by atoms with van der Waals surface area (Å²) >= 11 is 0. The van der Waals surface area contributed by atoms with Crippen LogP contribution >= 0.6 is 0 Å². The van der Waals surface area contributed by atoms with Gasteiger partial charge in [-0.1, -0.05) is 20.8 Å². The van der Waals surface area contributed by atoms with E-state index in [9.17, 15) is 9.59 Å². The molecule has 64 valence electrons. The van der Waals surface area contributed by atoms with Gasteiger partial charge < -0.3 is 9.59 Å². The van der Waals surface area contributed by atoms with Gasteiger partial charge in [0.25, 0.3) is 0 Å².